The highest BCUT2D eigenvalue weighted by Gasteiger charge is 2.30. The molecule has 2 amide bonds. The Labute approximate surface area is 245 Å². The van der Waals surface area contributed by atoms with E-state index < -0.39 is 28.5 Å². The smallest absolute Gasteiger partial charge is 0.244 e. The molecule has 3 aromatic carbocycles. The lowest BCUT2D eigenvalue weighted by molar-refractivity contribution is -0.139. The van der Waals surface area contributed by atoms with E-state index >= 15 is 0 Å². The molecule has 0 aliphatic heterocycles. The van der Waals surface area contributed by atoms with Crippen LogP contribution >= 0.6 is 23.2 Å². The van der Waals surface area contributed by atoms with Gasteiger partial charge >= 0.3 is 0 Å². The van der Waals surface area contributed by atoms with Crippen molar-refractivity contribution in [2.24, 2.45) is 0 Å². The number of halogens is 2. The molecule has 40 heavy (non-hydrogen) atoms. The summed E-state index contributed by atoms with van der Waals surface area (Å²) in [5, 5.41) is 3.55. The summed E-state index contributed by atoms with van der Waals surface area (Å²) in [5.74, 6) is -0.376. The van der Waals surface area contributed by atoms with Crippen molar-refractivity contribution in [2.75, 3.05) is 23.7 Å². The number of benzene rings is 3. The molecule has 0 saturated heterocycles. The molecule has 1 atom stereocenters. The summed E-state index contributed by atoms with van der Waals surface area (Å²) >= 11 is 12.4. The van der Waals surface area contributed by atoms with Crippen LogP contribution in [0.3, 0.4) is 0 Å². The van der Waals surface area contributed by atoms with Gasteiger partial charge in [-0.05, 0) is 60.9 Å². The Hall–Kier alpha value is -3.27. The van der Waals surface area contributed by atoms with Crippen LogP contribution in [0.15, 0.2) is 72.8 Å². The number of hydrogen-bond acceptors (Lipinski definition) is 5. The van der Waals surface area contributed by atoms with E-state index in [9.17, 15) is 18.0 Å². The summed E-state index contributed by atoms with van der Waals surface area (Å²) in [6.07, 6.45) is 1.75. The van der Waals surface area contributed by atoms with E-state index in [-0.39, 0.29) is 18.1 Å². The van der Waals surface area contributed by atoms with Gasteiger partial charge in [0.15, 0.2) is 0 Å². The first-order chi connectivity index (χ1) is 19.0. The second-order valence-electron chi connectivity index (χ2n) is 9.26. The first-order valence-electron chi connectivity index (χ1n) is 12.7. The zero-order valence-electron chi connectivity index (χ0n) is 22.6. The van der Waals surface area contributed by atoms with Crippen LogP contribution in [0.1, 0.15) is 31.4 Å². The maximum atomic E-state index is 13.6. The van der Waals surface area contributed by atoms with E-state index in [0.29, 0.717) is 34.5 Å². The second kappa shape index (κ2) is 14.4. The number of amides is 2. The summed E-state index contributed by atoms with van der Waals surface area (Å²) < 4.78 is 32.4. The number of nitrogens with zero attached hydrogens (tertiary/aromatic N) is 2. The Morgan fingerprint density at radius 3 is 2.27 bits per heavy atom. The van der Waals surface area contributed by atoms with Gasteiger partial charge in [0, 0.05) is 23.1 Å². The van der Waals surface area contributed by atoms with Crippen molar-refractivity contribution < 1.29 is 22.7 Å². The average Bonchev–Trinajstić information content (AvgIpc) is 2.93. The van der Waals surface area contributed by atoms with E-state index in [0.717, 1.165) is 22.5 Å². The first-order valence-corrected chi connectivity index (χ1v) is 15.4. The Morgan fingerprint density at radius 2 is 1.68 bits per heavy atom. The summed E-state index contributed by atoms with van der Waals surface area (Å²) in [6.45, 7) is 3.79. The number of anilines is 1. The molecule has 0 aliphatic carbocycles. The lowest BCUT2D eigenvalue weighted by atomic mass is 10.1. The standard InChI is InChI=1S/C29H33Cl2N3O5S/c1-4-16-32-29(36)21(2)33(18-23-10-11-24(30)17-27(23)31)28(35)19-34(40(3,37)38)25-12-14-26(15-13-25)39-20-22-8-6-5-7-9-22/h5-15,17,21H,4,16,18-20H2,1-3H3,(H,32,36). The van der Waals surface area contributed by atoms with Crippen LogP contribution in [-0.4, -0.2) is 50.5 Å². The Kier molecular flexibility index (Phi) is 11.2. The van der Waals surface area contributed by atoms with Gasteiger partial charge < -0.3 is 15.0 Å². The highest BCUT2D eigenvalue weighted by molar-refractivity contribution is 7.92. The highest BCUT2D eigenvalue weighted by Crippen LogP contribution is 2.25. The molecule has 3 rings (SSSR count). The third-order valence-electron chi connectivity index (χ3n) is 6.12. The third-order valence-corrected chi connectivity index (χ3v) is 7.85. The fourth-order valence-electron chi connectivity index (χ4n) is 3.88. The van der Waals surface area contributed by atoms with Gasteiger partial charge in [-0.1, -0.05) is 66.5 Å². The molecule has 0 fully saturated rings. The van der Waals surface area contributed by atoms with Gasteiger partial charge in [0.25, 0.3) is 0 Å². The van der Waals surface area contributed by atoms with Gasteiger partial charge in [0.1, 0.15) is 24.9 Å². The van der Waals surface area contributed by atoms with E-state index in [1.807, 2.05) is 37.3 Å². The van der Waals surface area contributed by atoms with Gasteiger partial charge in [0.05, 0.1) is 11.9 Å². The molecule has 1 unspecified atom stereocenters. The molecule has 0 aromatic heterocycles. The topological polar surface area (TPSA) is 96.0 Å². The average molecular weight is 607 g/mol. The number of ether oxygens (including phenoxy) is 1. The maximum absolute atomic E-state index is 13.6. The lowest BCUT2D eigenvalue weighted by Gasteiger charge is -2.31. The van der Waals surface area contributed by atoms with E-state index in [2.05, 4.69) is 5.32 Å². The van der Waals surface area contributed by atoms with Crippen molar-refractivity contribution in [3.63, 3.8) is 0 Å². The quantitative estimate of drug-likeness (QED) is 0.286. The molecule has 0 aliphatic rings. The molecule has 0 bridgehead atoms. The predicted octanol–water partition coefficient (Wildman–Crippen LogP) is 5.28. The van der Waals surface area contributed by atoms with Crippen LogP contribution < -0.4 is 14.4 Å². The van der Waals surface area contributed by atoms with E-state index in [4.69, 9.17) is 27.9 Å². The molecule has 0 heterocycles. The number of hydrogen-bond donors (Lipinski definition) is 1. The van der Waals surface area contributed by atoms with Gasteiger partial charge in [-0.2, -0.15) is 0 Å². The summed E-state index contributed by atoms with van der Waals surface area (Å²) in [6, 6.07) is 20.1. The van der Waals surface area contributed by atoms with Crippen molar-refractivity contribution in [2.45, 2.75) is 39.5 Å². The van der Waals surface area contributed by atoms with Crippen molar-refractivity contribution >= 4 is 50.7 Å². The van der Waals surface area contributed by atoms with Crippen molar-refractivity contribution in [1.82, 2.24) is 10.2 Å². The van der Waals surface area contributed by atoms with E-state index in [1.54, 1.807) is 49.4 Å². The van der Waals surface area contributed by atoms with Gasteiger partial charge in [-0.3, -0.25) is 13.9 Å². The van der Waals surface area contributed by atoms with Crippen LogP contribution in [0.5, 0.6) is 5.75 Å². The molecule has 1 N–H and O–H groups in total. The van der Waals surface area contributed by atoms with Crippen LogP contribution in [0.25, 0.3) is 0 Å². The molecule has 11 heteroatoms. The number of carbonyl (C=O) groups excluding carboxylic acids is 2. The molecular weight excluding hydrogens is 573 g/mol. The largest absolute Gasteiger partial charge is 0.489 e. The maximum Gasteiger partial charge on any atom is 0.244 e. The highest BCUT2D eigenvalue weighted by atomic mass is 35.5. The number of carbonyl (C=O) groups is 2. The molecule has 0 radical (unpaired) electrons. The fourth-order valence-corrected chi connectivity index (χ4v) is 5.19. The van der Waals surface area contributed by atoms with Crippen molar-refractivity contribution in [3.05, 3.63) is 94.0 Å². The predicted molar refractivity (Wildman–Crippen MR) is 159 cm³/mol. The zero-order chi connectivity index (χ0) is 29.3. The monoisotopic (exact) mass is 605 g/mol. The number of nitrogens with one attached hydrogen (secondary N) is 1. The van der Waals surface area contributed by atoms with Crippen LogP contribution in [0.4, 0.5) is 5.69 Å². The summed E-state index contributed by atoms with van der Waals surface area (Å²) in [4.78, 5) is 27.8. The van der Waals surface area contributed by atoms with Gasteiger partial charge in [-0.25, -0.2) is 8.42 Å². The van der Waals surface area contributed by atoms with Crippen LogP contribution in [0.2, 0.25) is 10.0 Å². The van der Waals surface area contributed by atoms with Crippen molar-refractivity contribution in [1.29, 1.82) is 0 Å². The minimum absolute atomic E-state index is 0.0145. The normalized spacial score (nSPS) is 11.9. The van der Waals surface area contributed by atoms with E-state index in [1.165, 1.54) is 4.90 Å². The molecule has 0 saturated carbocycles. The SMILES string of the molecule is CCCNC(=O)C(C)N(Cc1ccc(Cl)cc1Cl)C(=O)CN(c1ccc(OCc2ccccc2)cc1)S(C)(=O)=O. The number of rotatable bonds is 13. The first kappa shape index (κ1) is 31.3. The third kappa shape index (κ3) is 8.87. The summed E-state index contributed by atoms with van der Waals surface area (Å²) in [7, 11) is -3.86. The minimum atomic E-state index is -3.86. The zero-order valence-corrected chi connectivity index (χ0v) is 25.0. The molecule has 8 nitrogen and oxygen atoms in total. The Bertz CT molecular complexity index is 1400. The Balaban J connectivity index is 1.83. The molecule has 214 valence electrons. The van der Waals surface area contributed by atoms with Crippen LogP contribution in [0, 0.1) is 0 Å². The number of sulfonamides is 1. The molecule has 3 aromatic rings. The second-order valence-corrected chi connectivity index (χ2v) is 12.0. The van der Waals surface area contributed by atoms with Crippen molar-refractivity contribution in [3.8, 4) is 5.75 Å². The van der Waals surface area contributed by atoms with Gasteiger partial charge in [0.2, 0.25) is 21.8 Å². The lowest BCUT2D eigenvalue weighted by Crippen LogP contribution is -2.51. The minimum Gasteiger partial charge on any atom is -0.489 e. The Morgan fingerprint density at radius 1 is 1.00 bits per heavy atom. The van der Waals surface area contributed by atoms with Crippen LogP contribution in [-0.2, 0) is 32.8 Å². The van der Waals surface area contributed by atoms with Gasteiger partial charge in [-0.15, -0.1) is 0 Å². The fraction of sp³-hybridized carbons (Fsp3) is 0.310. The molecule has 0 spiro atoms. The molecular formula is C29H33Cl2N3O5S. The summed E-state index contributed by atoms with van der Waals surface area (Å²) in [5.41, 5.74) is 1.85.